The molecule has 5 heteroatoms. The Morgan fingerprint density at radius 1 is 1.28 bits per heavy atom. The second-order valence-electron chi connectivity index (χ2n) is 7.29. The van der Waals surface area contributed by atoms with Crippen LogP contribution in [-0.4, -0.2) is 65.7 Å². The van der Waals surface area contributed by atoms with Crippen molar-refractivity contribution in [3.05, 3.63) is 35.9 Å². The number of rotatable bonds is 5. The van der Waals surface area contributed by atoms with Crippen molar-refractivity contribution in [3.63, 3.8) is 0 Å². The van der Waals surface area contributed by atoms with Crippen molar-refractivity contribution in [1.29, 1.82) is 0 Å². The number of ether oxygens (including phenoxy) is 1. The molecule has 3 atom stereocenters. The number of aliphatic hydroxyl groups excluding tert-OH is 1. The monoisotopic (exact) mass is 346 g/mol. The third kappa shape index (κ3) is 4.81. The first-order valence-corrected chi connectivity index (χ1v) is 9.49. The molecule has 3 rings (SSSR count). The Labute approximate surface area is 150 Å². The van der Waals surface area contributed by atoms with Gasteiger partial charge in [-0.1, -0.05) is 30.3 Å². The predicted octanol–water partition coefficient (Wildman–Crippen LogP) is 2.21. The average Bonchev–Trinajstić information content (AvgIpc) is 2.64. The van der Waals surface area contributed by atoms with E-state index in [4.69, 9.17) is 4.74 Å². The number of amides is 1. The van der Waals surface area contributed by atoms with Crippen molar-refractivity contribution in [2.24, 2.45) is 0 Å². The van der Waals surface area contributed by atoms with Gasteiger partial charge >= 0.3 is 0 Å². The lowest BCUT2D eigenvalue weighted by molar-refractivity contribution is -0.138. The molecule has 0 aliphatic carbocycles. The standard InChI is InChI=1S/C20H30N2O3/c1-16-7-5-6-10-22(16)20(24)14-21-11-12-25-15-18(21)13-19(23)17-8-3-2-4-9-17/h2-4,8-9,16,18-19,23H,5-7,10-15H2,1H3. The number of benzene rings is 1. The molecule has 1 aromatic rings. The third-order valence-electron chi connectivity index (χ3n) is 5.49. The predicted molar refractivity (Wildman–Crippen MR) is 97.2 cm³/mol. The number of aliphatic hydroxyl groups is 1. The molecule has 0 aromatic heterocycles. The number of piperidine rings is 1. The van der Waals surface area contributed by atoms with Crippen LogP contribution in [0.25, 0.3) is 0 Å². The van der Waals surface area contributed by atoms with Gasteiger partial charge in [0, 0.05) is 25.2 Å². The largest absolute Gasteiger partial charge is 0.388 e. The maximum absolute atomic E-state index is 12.8. The molecule has 1 amide bonds. The number of hydrogen-bond donors (Lipinski definition) is 1. The van der Waals surface area contributed by atoms with Gasteiger partial charge in [-0.05, 0) is 38.2 Å². The molecule has 2 aliphatic rings. The Bertz CT molecular complexity index is 551. The number of hydrogen-bond acceptors (Lipinski definition) is 4. The van der Waals surface area contributed by atoms with Gasteiger partial charge in [0.2, 0.25) is 5.91 Å². The van der Waals surface area contributed by atoms with Crippen molar-refractivity contribution in [1.82, 2.24) is 9.80 Å². The molecule has 2 saturated heterocycles. The van der Waals surface area contributed by atoms with E-state index in [1.165, 1.54) is 6.42 Å². The van der Waals surface area contributed by atoms with Crippen LogP contribution in [0.4, 0.5) is 0 Å². The van der Waals surface area contributed by atoms with E-state index in [0.29, 0.717) is 32.2 Å². The normalized spacial score (nSPS) is 26.4. The van der Waals surface area contributed by atoms with E-state index in [2.05, 4.69) is 11.8 Å². The Hall–Kier alpha value is -1.43. The molecule has 138 valence electrons. The number of carbonyl (C=O) groups is 1. The van der Waals surface area contributed by atoms with E-state index in [9.17, 15) is 9.90 Å². The van der Waals surface area contributed by atoms with Crippen molar-refractivity contribution < 1.29 is 14.6 Å². The van der Waals surface area contributed by atoms with Crippen LogP contribution in [0, 0.1) is 0 Å². The summed E-state index contributed by atoms with van der Waals surface area (Å²) in [5.74, 6) is 0.216. The highest BCUT2D eigenvalue weighted by molar-refractivity contribution is 5.78. The molecule has 0 radical (unpaired) electrons. The first-order chi connectivity index (χ1) is 12.1. The molecule has 0 spiro atoms. The fourth-order valence-corrected chi connectivity index (χ4v) is 3.92. The highest BCUT2D eigenvalue weighted by atomic mass is 16.5. The van der Waals surface area contributed by atoms with Crippen LogP contribution >= 0.6 is 0 Å². The van der Waals surface area contributed by atoms with Gasteiger partial charge in [-0.25, -0.2) is 0 Å². The third-order valence-corrected chi connectivity index (χ3v) is 5.49. The summed E-state index contributed by atoms with van der Waals surface area (Å²) < 4.78 is 5.62. The van der Waals surface area contributed by atoms with E-state index in [1.807, 2.05) is 35.2 Å². The summed E-state index contributed by atoms with van der Waals surface area (Å²) in [6.45, 7) is 5.43. The summed E-state index contributed by atoms with van der Waals surface area (Å²) in [7, 11) is 0. The van der Waals surface area contributed by atoms with Crippen LogP contribution < -0.4 is 0 Å². The van der Waals surface area contributed by atoms with Gasteiger partial charge in [0.1, 0.15) is 0 Å². The molecule has 2 heterocycles. The molecule has 0 bridgehead atoms. The minimum atomic E-state index is -0.528. The Balaban J connectivity index is 1.59. The minimum absolute atomic E-state index is 0.0769. The lowest BCUT2D eigenvalue weighted by atomic mass is 10.0. The highest BCUT2D eigenvalue weighted by Crippen LogP contribution is 2.23. The highest BCUT2D eigenvalue weighted by Gasteiger charge is 2.30. The quantitative estimate of drug-likeness (QED) is 0.888. The molecule has 1 aromatic carbocycles. The summed E-state index contributed by atoms with van der Waals surface area (Å²) in [6.07, 6.45) is 3.49. The van der Waals surface area contributed by atoms with Crippen LogP contribution in [0.3, 0.4) is 0 Å². The van der Waals surface area contributed by atoms with Gasteiger partial charge < -0.3 is 14.7 Å². The Morgan fingerprint density at radius 2 is 2.08 bits per heavy atom. The molecule has 0 saturated carbocycles. The summed E-state index contributed by atoms with van der Waals surface area (Å²) in [4.78, 5) is 17.0. The zero-order valence-corrected chi connectivity index (χ0v) is 15.1. The van der Waals surface area contributed by atoms with Gasteiger partial charge in [-0.3, -0.25) is 9.69 Å². The molecule has 25 heavy (non-hydrogen) atoms. The van der Waals surface area contributed by atoms with Crippen molar-refractivity contribution in [2.45, 2.75) is 50.8 Å². The van der Waals surface area contributed by atoms with Crippen LogP contribution in [0.1, 0.15) is 44.3 Å². The lowest BCUT2D eigenvalue weighted by Gasteiger charge is -2.39. The molecule has 3 unspecified atom stereocenters. The van der Waals surface area contributed by atoms with Crippen LogP contribution in [0.15, 0.2) is 30.3 Å². The second kappa shape index (κ2) is 8.79. The molecule has 1 N–H and O–H groups in total. The minimum Gasteiger partial charge on any atom is -0.388 e. The van der Waals surface area contributed by atoms with Crippen molar-refractivity contribution >= 4 is 5.91 Å². The molecule has 5 nitrogen and oxygen atoms in total. The van der Waals surface area contributed by atoms with E-state index in [1.54, 1.807) is 0 Å². The zero-order chi connectivity index (χ0) is 17.6. The van der Waals surface area contributed by atoms with Crippen molar-refractivity contribution in [3.8, 4) is 0 Å². The summed E-state index contributed by atoms with van der Waals surface area (Å²) in [5.41, 5.74) is 0.920. The molecular formula is C20H30N2O3. The van der Waals surface area contributed by atoms with E-state index < -0.39 is 6.10 Å². The maximum atomic E-state index is 12.8. The fourth-order valence-electron chi connectivity index (χ4n) is 3.92. The molecule has 2 fully saturated rings. The van der Waals surface area contributed by atoms with Crippen LogP contribution in [-0.2, 0) is 9.53 Å². The van der Waals surface area contributed by atoms with Gasteiger partial charge in [0.15, 0.2) is 0 Å². The maximum Gasteiger partial charge on any atom is 0.236 e. The van der Waals surface area contributed by atoms with Crippen LogP contribution in [0.2, 0.25) is 0 Å². The number of morpholine rings is 1. The number of carbonyl (C=O) groups excluding carboxylic acids is 1. The van der Waals surface area contributed by atoms with E-state index in [-0.39, 0.29) is 11.9 Å². The Morgan fingerprint density at radius 3 is 2.84 bits per heavy atom. The lowest BCUT2D eigenvalue weighted by Crippen LogP contribution is -2.52. The smallest absolute Gasteiger partial charge is 0.236 e. The number of nitrogens with zero attached hydrogens (tertiary/aromatic N) is 2. The van der Waals surface area contributed by atoms with Crippen molar-refractivity contribution in [2.75, 3.05) is 32.8 Å². The van der Waals surface area contributed by atoms with Gasteiger partial charge in [0.05, 0.1) is 25.9 Å². The average molecular weight is 346 g/mol. The first kappa shape index (κ1) is 18.4. The first-order valence-electron chi connectivity index (χ1n) is 9.49. The molecular weight excluding hydrogens is 316 g/mol. The molecule has 2 aliphatic heterocycles. The second-order valence-corrected chi connectivity index (χ2v) is 7.29. The summed E-state index contributed by atoms with van der Waals surface area (Å²) >= 11 is 0. The topological polar surface area (TPSA) is 53.0 Å². The van der Waals surface area contributed by atoms with Gasteiger partial charge in [0.25, 0.3) is 0 Å². The van der Waals surface area contributed by atoms with Crippen LogP contribution in [0.5, 0.6) is 0 Å². The van der Waals surface area contributed by atoms with Gasteiger partial charge in [-0.2, -0.15) is 0 Å². The SMILES string of the molecule is CC1CCCCN1C(=O)CN1CCOCC1CC(O)c1ccccc1. The summed E-state index contributed by atoms with van der Waals surface area (Å²) in [6, 6.07) is 10.1. The zero-order valence-electron chi connectivity index (χ0n) is 15.1. The van der Waals surface area contributed by atoms with Gasteiger partial charge in [-0.15, -0.1) is 0 Å². The van der Waals surface area contributed by atoms with E-state index >= 15 is 0 Å². The summed E-state index contributed by atoms with van der Waals surface area (Å²) in [5, 5.41) is 10.5. The number of likely N-dealkylation sites (tertiary alicyclic amines) is 1. The van der Waals surface area contributed by atoms with E-state index in [0.717, 1.165) is 31.5 Å². The fraction of sp³-hybridized carbons (Fsp3) is 0.650. The Kier molecular flexibility index (Phi) is 6.45.